The van der Waals surface area contributed by atoms with Crippen LogP contribution in [0.5, 0.6) is 0 Å². The number of carbonyl (C=O) groups excluding carboxylic acids is 6. The summed E-state index contributed by atoms with van der Waals surface area (Å²) in [4.78, 5) is 84.3. The molecule has 2 heterocycles. The fourth-order valence-corrected chi connectivity index (χ4v) is 9.01. The highest BCUT2D eigenvalue weighted by Crippen LogP contribution is 2.32. The van der Waals surface area contributed by atoms with Crippen molar-refractivity contribution in [1.82, 2.24) is 41.7 Å². The van der Waals surface area contributed by atoms with Crippen molar-refractivity contribution >= 4 is 35.4 Å². The number of nitrogens with one attached hydrogen (secondary N) is 6. The first-order chi connectivity index (χ1) is 29.0. The Hall–Kier alpha value is -4.82. The number of nitrogens with zero attached hydrogens (tertiary/aromatic N) is 2. The van der Waals surface area contributed by atoms with Crippen molar-refractivity contribution in [3.05, 3.63) is 70.8 Å². The minimum absolute atomic E-state index is 0.0845. The summed E-state index contributed by atoms with van der Waals surface area (Å²) in [6.45, 7) is 4.37. The maximum absolute atomic E-state index is 14.0. The Labute approximate surface area is 355 Å². The highest BCUT2D eigenvalue weighted by atomic mass is 16.2. The van der Waals surface area contributed by atoms with E-state index in [4.69, 9.17) is 0 Å². The lowest BCUT2D eigenvalue weighted by Gasteiger charge is -2.42. The van der Waals surface area contributed by atoms with Crippen molar-refractivity contribution in [3.63, 3.8) is 0 Å². The third kappa shape index (κ3) is 10.7. The fourth-order valence-electron chi connectivity index (χ4n) is 9.01. The third-order valence-corrected chi connectivity index (χ3v) is 13.2. The molecule has 0 unspecified atom stereocenters. The number of unbranched alkanes of at least 4 members (excludes halogenated alkanes) is 3. The van der Waals surface area contributed by atoms with Gasteiger partial charge in [0, 0.05) is 13.1 Å². The van der Waals surface area contributed by atoms with Crippen LogP contribution in [0.4, 0.5) is 0 Å². The van der Waals surface area contributed by atoms with Crippen LogP contribution in [0, 0.1) is 0 Å². The highest BCUT2D eigenvalue weighted by Gasteiger charge is 2.43. The van der Waals surface area contributed by atoms with Crippen LogP contribution >= 0.6 is 0 Å². The van der Waals surface area contributed by atoms with Gasteiger partial charge in [-0.2, -0.15) is 0 Å². The SMILES string of the molecule is CN[C@@H](C)C(=O)N[C@@H](CCCCCC[C@H](NC(=O)[C@H](C)NC)C(=O)N1CC[C@H]1C(=O)N[C@@H]1CCCc2ccccc21)C(=O)N1CC[C@H]1C(=O)N[C@@H]1CCCc2ccccc21. The van der Waals surface area contributed by atoms with E-state index < -0.39 is 36.3 Å². The summed E-state index contributed by atoms with van der Waals surface area (Å²) in [6, 6.07) is 12.5. The molecule has 14 heteroatoms. The lowest BCUT2D eigenvalue weighted by Crippen LogP contribution is -2.63. The molecule has 2 aliphatic carbocycles. The van der Waals surface area contributed by atoms with E-state index in [9.17, 15) is 28.8 Å². The van der Waals surface area contributed by atoms with Crippen LogP contribution in [0.25, 0.3) is 0 Å². The minimum Gasteiger partial charge on any atom is -0.347 e. The van der Waals surface area contributed by atoms with Gasteiger partial charge in [-0.05, 0) is 114 Å². The molecule has 4 aliphatic rings. The normalized spacial score (nSPS) is 22.6. The minimum atomic E-state index is -0.785. The molecule has 0 bridgehead atoms. The van der Waals surface area contributed by atoms with Gasteiger partial charge in [0.25, 0.3) is 0 Å². The zero-order valence-corrected chi connectivity index (χ0v) is 35.9. The largest absolute Gasteiger partial charge is 0.347 e. The average Bonchev–Trinajstić information content (AvgIpc) is 3.22. The van der Waals surface area contributed by atoms with E-state index in [2.05, 4.69) is 56.2 Å². The van der Waals surface area contributed by atoms with E-state index in [-0.39, 0.29) is 47.5 Å². The molecule has 8 atom stereocenters. The first kappa shape index (κ1) is 44.7. The standard InChI is InChI=1S/C46H66N8O6/c1-29(47-3)41(55)51-37(45(59)53-27-25-39(53)43(57)49-35-23-13-17-31-15-9-11-19-33(31)35)21-7-5-6-8-22-38(52-42(56)30(2)48-4)46(60)54-28-26-40(54)44(58)50-36-24-14-18-32-16-10-12-20-34(32)36/h9-12,15-16,19-20,29-30,35-40,47-48H,5-8,13-14,17-18,21-28H2,1-4H3,(H,49,57)(H,50,58)(H,51,55)(H,52,56)/t29-,30-,35+,36+,37-,38-,39-,40-/m0/s1. The monoisotopic (exact) mass is 827 g/mol. The van der Waals surface area contributed by atoms with E-state index in [1.165, 1.54) is 11.1 Å². The molecule has 0 saturated carbocycles. The van der Waals surface area contributed by atoms with Crippen LogP contribution in [0.1, 0.15) is 125 Å². The first-order valence-corrected chi connectivity index (χ1v) is 22.3. The number of aryl methyl sites for hydroxylation is 2. The fraction of sp³-hybridized carbons (Fsp3) is 0.609. The number of likely N-dealkylation sites (N-methyl/N-ethyl adjacent to an activating group) is 2. The lowest BCUT2D eigenvalue weighted by atomic mass is 9.87. The van der Waals surface area contributed by atoms with Crippen molar-refractivity contribution in [2.45, 2.75) is 152 Å². The maximum Gasteiger partial charge on any atom is 0.245 e. The van der Waals surface area contributed by atoms with Crippen molar-refractivity contribution in [1.29, 1.82) is 0 Å². The molecule has 14 nitrogen and oxygen atoms in total. The molecule has 0 radical (unpaired) electrons. The van der Waals surface area contributed by atoms with E-state index in [0.717, 1.165) is 62.5 Å². The summed E-state index contributed by atoms with van der Waals surface area (Å²) in [6.07, 6.45) is 10.3. The van der Waals surface area contributed by atoms with Crippen molar-refractivity contribution < 1.29 is 28.8 Å². The predicted molar refractivity (Wildman–Crippen MR) is 229 cm³/mol. The van der Waals surface area contributed by atoms with Crippen LogP contribution in [0.15, 0.2) is 48.5 Å². The molecule has 2 fully saturated rings. The van der Waals surface area contributed by atoms with E-state index in [0.29, 0.717) is 51.6 Å². The molecule has 6 N–H and O–H groups in total. The summed E-state index contributed by atoms with van der Waals surface area (Å²) in [5.74, 6) is -1.41. The number of hydrogen-bond acceptors (Lipinski definition) is 8. The van der Waals surface area contributed by atoms with Crippen molar-refractivity contribution in [2.24, 2.45) is 0 Å². The van der Waals surface area contributed by atoms with Gasteiger partial charge in [-0.15, -0.1) is 0 Å². The number of likely N-dealkylation sites (tertiary alicyclic amines) is 2. The van der Waals surface area contributed by atoms with Gasteiger partial charge in [0.1, 0.15) is 24.2 Å². The van der Waals surface area contributed by atoms with Crippen LogP contribution < -0.4 is 31.9 Å². The Morgan fingerprint density at radius 2 is 0.983 bits per heavy atom. The number of carbonyl (C=O) groups is 6. The molecular formula is C46H66N8O6. The molecule has 2 saturated heterocycles. The second kappa shape index (κ2) is 21.1. The highest BCUT2D eigenvalue weighted by molar-refractivity contribution is 5.95. The van der Waals surface area contributed by atoms with Gasteiger partial charge in [0.15, 0.2) is 0 Å². The smallest absolute Gasteiger partial charge is 0.245 e. The number of hydrogen-bond donors (Lipinski definition) is 6. The Balaban J connectivity index is 1.01. The number of amides is 6. The summed E-state index contributed by atoms with van der Waals surface area (Å²) in [7, 11) is 3.38. The third-order valence-electron chi connectivity index (χ3n) is 13.2. The predicted octanol–water partition coefficient (Wildman–Crippen LogP) is 3.10. The average molecular weight is 827 g/mol. The van der Waals surface area contributed by atoms with Gasteiger partial charge in [0.2, 0.25) is 35.4 Å². The van der Waals surface area contributed by atoms with Gasteiger partial charge in [-0.3, -0.25) is 28.8 Å². The first-order valence-electron chi connectivity index (χ1n) is 22.3. The van der Waals surface area contributed by atoms with Gasteiger partial charge in [0.05, 0.1) is 24.2 Å². The molecule has 2 aromatic rings. The summed E-state index contributed by atoms with van der Waals surface area (Å²) in [5.41, 5.74) is 4.77. The van der Waals surface area contributed by atoms with Crippen molar-refractivity contribution in [3.8, 4) is 0 Å². The molecule has 6 amide bonds. The Bertz CT molecular complexity index is 1720. The van der Waals surface area contributed by atoms with Crippen molar-refractivity contribution in [2.75, 3.05) is 27.2 Å². The Morgan fingerprint density at radius 3 is 1.35 bits per heavy atom. The second-order valence-electron chi connectivity index (χ2n) is 17.1. The molecule has 326 valence electrons. The van der Waals surface area contributed by atoms with Crippen LogP contribution in [0.2, 0.25) is 0 Å². The lowest BCUT2D eigenvalue weighted by molar-refractivity contribution is -0.150. The zero-order valence-electron chi connectivity index (χ0n) is 35.9. The number of benzene rings is 2. The topological polar surface area (TPSA) is 181 Å². The molecule has 60 heavy (non-hydrogen) atoms. The van der Waals surface area contributed by atoms with Crippen LogP contribution in [-0.4, -0.2) is 109 Å². The van der Waals surface area contributed by atoms with Gasteiger partial charge < -0.3 is 41.7 Å². The molecule has 6 rings (SSSR count). The van der Waals surface area contributed by atoms with Crippen LogP contribution in [-0.2, 0) is 41.6 Å². The quantitative estimate of drug-likeness (QED) is 0.117. The Morgan fingerprint density at radius 1 is 0.583 bits per heavy atom. The van der Waals surface area contributed by atoms with Gasteiger partial charge in [-0.1, -0.05) is 74.2 Å². The molecule has 0 spiro atoms. The summed E-state index contributed by atoms with van der Waals surface area (Å²) >= 11 is 0. The Kier molecular flexibility index (Phi) is 15.7. The zero-order chi connectivity index (χ0) is 42.8. The van der Waals surface area contributed by atoms with Gasteiger partial charge >= 0.3 is 0 Å². The summed E-state index contributed by atoms with van der Waals surface area (Å²) in [5, 5.41) is 18.2. The van der Waals surface area contributed by atoms with E-state index in [1.807, 2.05) is 24.3 Å². The molecule has 2 aromatic carbocycles. The van der Waals surface area contributed by atoms with Gasteiger partial charge in [-0.25, -0.2) is 0 Å². The molecule has 0 aromatic heterocycles. The van der Waals surface area contributed by atoms with E-state index in [1.54, 1.807) is 37.7 Å². The number of fused-ring (bicyclic) bond motifs is 2. The van der Waals surface area contributed by atoms with E-state index >= 15 is 0 Å². The summed E-state index contributed by atoms with van der Waals surface area (Å²) < 4.78 is 0. The number of rotatable bonds is 19. The maximum atomic E-state index is 14.0. The second-order valence-corrected chi connectivity index (χ2v) is 17.1. The molecule has 2 aliphatic heterocycles. The van der Waals surface area contributed by atoms with Crippen LogP contribution in [0.3, 0.4) is 0 Å². The molecular weight excluding hydrogens is 761 g/mol.